The monoisotopic (exact) mass is 292 g/mol. The van der Waals surface area contributed by atoms with Crippen LogP contribution in [0.25, 0.3) is 0 Å². The minimum Gasteiger partial charge on any atom is -0.476 e. The fraction of sp³-hybridized carbons (Fsp3) is 0.556. The normalized spacial score (nSPS) is 20.9. The van der Waals surface area contributed by atoms with E-state index in [9.17, 15) is 13.2 Å². The second-order valence-electron chi connectivity index (χ2n) is 3.87. The molecule has 1 unspecified atom stereocenters. The molecule has 0 spiro atoms. The first-order valence-corrected chi connectivity index (χ1v) is 8.22. The van der Waals surface area contributed by atoms with E-state index in [0.29, 0.717) is 12.3 Å². The molecule has 1 saturated heterocycles. The molecule has 2 heterocycles. The lowest BCUT2D eigenvalue weighted by Gasteiger charge is -2.32. The zero-order chi connectivity index (χ0) is 13.3. The van der Waals surface area contributed by atoms with Crippen LogP contribution in [0.2, 0.25) is 0 Å². The van der Waals surface area contributed by atoms with Crippen LogP contribution in [0.1, 0.15) is 10.5 Å². The molecule has 1 aromatic heterocycles. The summed E-state index contributed by atoms with van der Waals surface area (Å²) in [5, 5.41) is 8.03. The van der Waals surface area contributed by atoms with Crippen LogP contribution in [0.4, 0.5) is 6.01 Å². The maximum absolute atomic E-state index is 11.7. The summed E-state index contributed by atoms with van der Waals surface area (Å²) in [7, 11) is -3.28. The van der Waals surface area contributed by atoms with Gasteiger partial charge >= 0.3 is 5.97 Å². The fourth-order valence-electron chi connectivity index (χ4n) is 1.65. The third-order valence-electron chi connectivity index (χ3n) is 2.54. The zero-order valence-corrected chi connectivity index (χ0v) is 11.2. The number of anilines is 1. The van der Waals surface area contributed by atoms with E-state index < -0.39 is 21.2 Å². The molecule has 1 aliphatic rings. The Balaban J connectivity index is 2.31. The number of aromatic nitrogens is 1. The van der Waals surface area contributed by atoms with Crippen molar-refractivity contribution in [3.05, 3.63) is 12.0 Å². The van der Waals surface area contributed by atoms with Crippen LogP contribution < -0.4 is 4.90 Å². The average Bonchev–Trinajstić information content (AvgIpc) is 2.77. The minimum atomic E-state index is -3.28. The van der Waals surface area contributed by atoms with E-state index in [1.54, 1.807) is 0 Å². The lowest BCUT2D eigenvalue weighted by molar-refractivity contribution is 0.0690. The molecule has 2 rings (SSSR count). The molecule has 0 saturated carbocycles. The fourth-order valence-corrected chi connectivity index (χ4v) is 4.46. The second-order valence-corrected chi connectivity index (χ2v) is 7.23. The summed E-state index contributed by atoms with van der Waals surface area (Å²) in [5.41, 5.74) is -0.226. The molecule has 1 aliphatic heterocycles. The Labute approximate surface area is 108 Å². The molecule has 100 valence electrons. The second kappa shape index (κ2) is 4.81. The van der Waals surface area contributed by atoms with E-state index in [2.05, 4.69) is 4.98 Å². The number of nitrogens with zero attached hydrogens (tertiary/aromatic N) is 2. The lowest BCUT2D eigenvalue weighted by Crippen LogP contribution is -2.47. The predicted octanol–water partition coefficient (Wildman–Crippen LogP) is 0.297. The maximum Gasteiger partial charge on any atom is 0.357 e. The Morgan fingerprint density at radius 2 is 2.39 bits per heavy atom. The van der Waals surface area contributed by atoms with Gasteiger partial charge in [-0.05, 0) is 0 Å². The van der Waals surface area contributed by atoms with Gasteiger partial charge in [0, 0.05) is 24.3 Å². The van der Waals surface area contributed by atoms with Crippen molar-refractivity contribution in [2.24, 2.45) is 0 Å². The lowest BCUT2D eigenvalue weighted by atomic mass is 10.5. The van der Waals surface area contributed by atoms with Crippen molar-refractivity contribution in [2.75, 3.05) is 29.2 Å². The number of hydrogen-bond acceptors (Lipinski definition) is 7. The van der Waals surface area contributed by atoms with Crippen LogP contribution in [0.15, 0.2) is 10.7 Å². The summed E-state index contributed by atoms with van der Waals surface area (Å²) in [6, 6.07) is 0.0446. The first-order chi connectivity index (χ1) is 8.39. The molecule has 1 N–H and O–H groups in total. The number of hydrogen-bond donors (Lipinski definition) is 1. The van der Waals surface area contributed by atoms with E-state index in [1.807, 2.05) is 0 Å². The first kappa shape index (κ1) is 13.2. The molecule has 0 aromatic carbocycles. The molecular weight excluding hydrogens is 280 g/mol. The quantitative estimate of drug-likeness (QED) is 0.848. The number of oxazole rings is 1. The van der Waals surface area contributed by atoms with Crippen molar-refractivity contribution < 1.29 is 22.7 Å². The van der Waals surface area contributed by atoms with Gasteiger partial charge in [-0.2, -0.15) is 16.7 Å². The van der Waals surface area contributed by atoms with E-state index in [4.69, 9.17) is 9.52 Å². The summed E-state index contributed by atoms with van der Waals surface area (Å²) in [4.78, 5) is 16.0. The zero-order valence-electron chi connectivity index (χ0n) is 9.57. The molecule has 1 aromatic rings. The van der Waals surface area contributed by atoms with Crippen LogP contribution in [0, 0.1) is 0 Å². The smallest absolute Gasteiger partial charge is 0.357 e. The van der Waals surface area contributed by atoms with Gasteiger partial charge in [0.15, 0.2) is 15.5 Å². The van der Waals surface area contributed by atoms with Gasteiger partial charge in [0.05, 0.1) is 0 Å². The van der Waals surface area contributed by atoms with E-state index in [0.717, 1.165) is 18.3 Å². The summed E-state index contributed by atoms with van der Waals surface area (Å²) >= 11 is 1.53. The van der Waals surface area contributed by atoms with Crippen LogP contribution in [-0.2, 0) is 9.84 Å². The predicted molar refractivity (Wildman–Crippen MR) is 66.8 cm³/mol. The van der Waals surface area contributed by atoms with Gasteiger partial charge in [0.2, 0.25) is 0 Å². The van der Waals surface area contributed by atoms with Crippen molar-refractivity contribution in [3.8, 4) is 0 Å². The number of sulfone groups is 1. The number of aromatic carboxylic acids is 1. The van der Waals surface area contributed by atoms with Crippen LogP contribution in [0.5, 0.6) is 0 Å². The minimum absolute atomic E-state index is 0.0446. The van der Waals surface area contributed by atoms with Gasteiger partial charge in [-0.3, -0.25) is 0 Å². The molecule has 0 aliphatic carbocycles. The molecule has 1 atom stereocenters. The Hall–Kier alpha value is -1.22. The number of rotatable bonds is 3. The van der Waals surface area contributed by atoms with Crippen LogP contribution >= 0.6 is 11.8 Å². The van der Waals surface area contributed by atoms with Gasteiger partial charge in [-0.15, -0.1) is 0 Å². The topological polar surface area (TPSA) is 101 Å². The molecule has 1 fully saturated rings. The van der Waals surface area contributed by atoms with E-state index in [-0.39, 0.29) is 11.7 Å². The summed E-state index contributed by atoms with van der Waals surface area (Å²) < 4.78 is 28.4. The third-order valence-corrected chi connectivity index (χ3v) is 5.18. The number of carboxylic acid groups (broad SMARTS) is 1. The van der Waals surface area contributed by atoms with Gasteiger partial charge in [-0.1, -0.05) is 0 Å². The van der Waals surface area contributed by atoms with E-state index in [1.165, 1.54) is 16.7 Å². The Kier molecular flexibility index (Phi) is 3.53. The molecular formula is C9H12N2O5S2. The van der Waals surface area contributed by atoms with E-state index >= 15 is 0 Å². The summed E-state index contributed by atoms with van der Waals surface area (Å²) in [6.45, 7) is 0.460. The van der Waals surface area contributed by atoms with Crippen LogP contribution in [0.3, 0.4) is 0 Å². The molecule has 0 radical (unpaired) electrons. The highest BCUT2D eigenvalue weighted by molar-refractivity contribution is 8.01. The highest BCUT2D eigenvalue weighted by Gasteiger charge is 2.34. The van der Waals surface area contributed by atoms with Crippen LogP contribution in [-0.4, -0.2) is 54.2 Å². The number of thioether (sulfide) groups is 1. The summed E-state index contributed by atoms with van der Waals surface area (Å²) in [6.07, 6.45) is 2.16. The van der Waals surface area contributed by atoms with Crippen molar-refractivity contribution >= 4 is 33.6 Å². The highest BCUT2D eigenvalue weighted by atomic mass is 32.2. The van der Waals surface area contributed by atoms with Crippen molar-refractivity contribution in [3.63, 3.8) is 0 Å². The molecule has 18 heavy (non-hydrogen) atoms. The highest BCUT2D eigenvalue weighted by Crippen LogP contribution is 2.26. The number of carboxylic acids is 1. The molecule has 9 heteroatoms. The largest absolute Gasteiger partial charge is 0.476 e. The summed E-state index contributed by atoms with van der Waals surface area (Å²) in [5.74, 6) is -0.0345. The molecule has 0 amide bonds. The SMILES string of the molecule is CS(=O)(=O)C1CSCCN1c1nc(C(=O)O)co1. The maximum atomic E-state index is 11.7. The third kappa shape index (κ3) is 2.61. The Morgan fingerprint density at radius 3 is 2.94 bits per heavy atom. The molecule has 7 nitrogen and oxygen atoms in total. The standard InChI is InChI=1S/C9H12N2O5S2/c1-18(14,15)7-5-17-3-2-11(7)9-10-6(4-16-9)8(12)13/h4,7H,2-3,5H2,1H3,(H,12,13). The van der Waals surface area contributed by atoms with Gasteiger partial charge in [0.25, 0.3) is 6.01 Å². The average molecular weight is 292 g/mol. The molecule has 0 bridgehead atoms. The van der Waals surface area contributed by atoms with Gasteiger partial charge < -0.3 is 14.4 Å². The number of carbonyl (C=O) groups is 1. The first-order valence-electron chi connectivity index (χ1n) is 5.11. The van der Waals surface area contributed by atoms with Gasteiger partial charge in [-0.25, -0.2) is 13.2 Å². The van der Waals surface area contributed by atoms with Gasteiger partial charge in [0.1, 0.15) is 11.6 Å². The Morgan fingerprint density at radius 1 is 1.67 bits per heavy atom. The van der Waals surface area contributed by atoms with Crippen molar-refractivity contribution in [1.29, 1.82) is 0 Å². The van der Waals surface area contributed by atoms with Crippen molar-refractivity contribution in [1.82, 2.24) is 4.98 Å². The Bertz CT molecular complexity index is 553. The van der Waals surface area contributed by atoms with Crippen molar-refractivity contribution in [2.45, 2.75) is 5.37 Å².